The van der Waals surface area contributed by atoms with Crippen LogP contribution in [-0.2, 0) is 30.5 Å². The molecule has 2 atom stereocenters. The lowest BCUT2D eigenvalue weighted by atomic mass is 10.1. The van der Waals surface area contributed by atoms with E-state index in [-0.39, 0.29) is 31.7 Å². The number of nitrogens with one attached hydrogen (secondary N) is 2. The molecule has 2 aliphatic rings. The van der Waals surface area contributed by atoms with E-state index >= 15 is 0 Å². The second-order valence-corrected chi connectivity index (χ2v) is 8.61. The third kappa shape index (κ3) is 8.73. The van der Waals surface area contributed by atoms with Crippen molar-refractivity contribution in [2.75, 3.05) is 32.8 Å². The maximum atomic E-state index is 13.2. The van der Waals surface area contributed by atoms with Gasteiger partial charge in [0, 0.05) is 25.7 Å². The molecule has 1 saturated carbocycles. The van der Waals surface area contributed by atoms with E-state index in [1.54, 1.807) is 24.3 Å². The summed E-state index contributed by atoms with van der Waals surface area (Å²) >= 11 is 0. The van der Waals surface area contributed by atoms with Crippen molar-refractivity contribution >= 4 is 30.2 Å². The van der Waals surface area contributed by atoms with E-state index in [1.165, 1.54) is 11.2 Å². The molecule has 1 heterocycles. The lowest BCUT2D eigenvalue weighted by molar-refractivity contribution is -0.146. The van der Waals surface area contributed by atoms with E-state index < -0.39 is 36.5 Å². The molecule has 3 rings (SSSR count). The van der Waals surface area contributed by atoms with Crippen LogP contribution in [0.3, 0.4) is 0 Å². The maximum Gasteiger partial charge on any atom is 0.408 e. The minimum Gasteiger partial charge on any atom is -0.480 e. The molecule has 0 spiro atoms. The first-order valence-electron chi connectivity index (χ1n) is 11.7. The van der Waals surface area contributed by atoms with Gasteiger partial charge in [-0.05, 0) is 18.4 Å². The lowest BCUT2D eigenvalue weighted by Crippen LogP contribution is -2.53. The molecule has 1 saturated heterocycles. The van der Waals surface area contributed by atoms with Crippen LogP contribution in [0, 0.1) is 0 Å². The maximum absolute atomic E-state index is 13.2. The first-order chi connectivity index (χ1) is 17.4. The number of ether oxygens (including phenoxy) is 2. The number of carboxylic acids is 1. The Bertz CT molecular complexity index is 940. The van der Waals surface area contributed by atoms with E-state index in [2.05, 4.69) is 15.7 Å². The summed E-state index contributed by atoms with van der Waals surface area (Å²) in [5.41, 5.74) is 0.750. The molecule has 1 aromatic carbocycles. The van der Waals surface area contributed by atoms with Gasteiger partial charge in [-0.3, -0.25) is 14.4 Å². The number of hydrogen-bond acceptors (Lipinski definition) is 8. The van der Waals surface area contributed by atoms with Crippen molar-refractivity contribution in [3.05, 3.63) is 35.9 Å². The minimum absolute atomic E-state index is 0.0249. The van der Waals surface area contributed by atoms with Crippen LogP contribution in [0.2, 0.25) is 0 Å². The summed E-state index contributed by atoms with van der Waals surface area (Å²) in [6.45, 7) is 1.17. The highest BCUT2D eigenvalue weighted by Gasteiger charge is 2.38. The Balaban J connectivity index is 1.59. The van der Waals surface area contributed by atoms with Crippen LogP contribution in [0.4, 0.5) is 4.79 Å². The highest BCUT2D eigenvalue weighted by molar-refractivity contribution is 5.92. The topological polar surface area (TPSA) is 176 Å². The average Bonchev–Trinajstić information content (AvgIpc) is 3.70. The molecule has 2 fully saturated rings. The van der Waals surface area contributed by atoms with E-state index in [0.717, 1.165) is 5.56 Å². The number of aliphatic carboxylic acids is 1. The number of carbonyl (C=O) groups excluding carboxylic acids is 3. The summed E-state index contributed by atoms with van der Waals surface area (Å²) < 4.78 is 10.8. The molecule has 1 aliphatic carbocycles. The predicted molar refractivity (Wildman–Crippen MR) is 128 cm³/mol. The standard InChI is InChI=1S/C23H32N6O7/c24-26-15-28-8-9-35-18(12-28)11-25-20(30)10-19(22(33)29(13-21(31)32)17-6-7-17)27-23(34)36-14-16-4-2-1-3-5-16/h1-5,15,17-19H,6-14,24H2,(H,25,30)(H,27,34)(H,31,32)/t18-,19?/m0/s1. The molecule has 36 heavy (non-hydrogen) atoms. The van der Waals surface area contributed by atoms with Gasteiger partial charge < -0.3 is 40.9 Å². The number of hydrogen-bond donors (Lipinski definition) is 4. The van der Waals surface area contributed by atoms with E-state index in [1.807, 2.05) is 11.0 Å². The summed E-state index contributed by atoms with van der Waals surface area (Å²) in [7, 11) is 0. The van der Waals surface area contributed by atoms with Gasteiger partial charge in [0.1, 0.15) is 25.5 Å². The third-order valence-electron chi connectivity index (χ3n) is 5.70. The van der Waals surface area contributed by atoms with Crippen LogP contribution in [0.15, 0.2) is 35.4 Å². The van der Waals surface area contributed by atoms with Crippen LogP contribution in [0.5, 0.6) is 0 Å². The van der Waals surface area contributed by atoms with Gasteiger partial charge in [-0.25, -0.2) is 4.79 Å². The molecule has 1 unspecified atom stereocenters. The number of nitrogens with zero attached hydrogens (tertiary/aromatic N) is 3. The van der Waals surface area contributed by atoms with Crippen molar-refractivity contribution in [3.8, 4) is 0 Å². The Hall–Kier alpha value is -3.87. The molecule has 0 aromatic heterocycles. The number of rotatable bonds is 12. The second-order valence-electron chi connectivity index (χ2n) is 8.61. The normalized spacial score (nSPS) is 18.3. The molecule has 3 amide bonds. The molecule has 13 heteroatoms. The third-order valence-corrected chi connectivity index (χ3v) is 5.70. The first-order valence-corrected chi connectivity index (χ1v) is 11.7. The van der Waals surface area contributed by atoms with Crippen molar-refractivity contribution in [1.82, 2.24) is 20.4 Å². The number of amides is 3. The highest BCUT2D eigenvalue weighted by atomic mass is 16.5. The number of hydrazone groups is 1. The summed E-state index contributed by atoms with van der Waals surface area (Å²) in [4.78, 5) is 52.7. The lowest BCUT2D eigenvalue weighted by Gasteiger charge is -2.31. The Morgan fingerprint density at radius 1 is 1.28 bits per heavy atom. The number of alkyl carbamates (subject to hydrolysis) is 1. The van der Waals surface area contributed by atoms with Crippen LogP contribution in [-0.4, -0.2) is 96.1 Å². The molecular weight excluding hydrogens is 472 g/mol. The fourth-order valence-electron chi connectivity index (χ4n) is 3.78. The van der Waals surface area contributed by atoms with Gasteiger partial charge in [0.2, 0.25) is 11.8 Å². The molecule has 1 aromatic rings. The second kappa shape index (κ2) is 13.3. The van der Waals surface area contributed by atoms with Crippen molar-refractivity contribution in [2.24, 2.45) is 10.9 Å². The monoisotopic (exact) mass is 504 g/mol. The zero-order valence-corrected chi connectivity index (χ0v) is 19.9. The SMILES string of the molecule is NN=CN1CCO[C@@H](CNC(=O)CC(NC(=O)OCc2ccccc2)C(=O)N(CC(=O)O)C2CC2)C1. The molecule has 1 aliphatic heterocycles. The number of carboxylic acid groups (broad SMARTS) is 1. The Morgan fingerprint density at radius 3 is 2.69 bits per heavy atom. The fourth-order valence-corrected chi connectivity index (χ4v) is 3.78. The Morgan fingerprint density at radius 2 is 2.03 bits per heavy atom. The Kier molecular flexibility index (Phi) is 9.86. The minimum atomic E-state index is -1.29. The molecule has 5 N–H and O–H groups in total. The number of benzene rings is 1. The summed E-state index contributed by atoms with van der Waals surface area (Å²) in [5, 5.41) is 17.9. The molecule has 0 bridgehead atoms. The summed E-state index contributed by atoms with van der Waals surface area (Å²) in [5.74, 6) is 2.86. The van der Waals surface area contributed by atoms with Crippen molar-refractivity contribution in [2.45, 2.75) is 44.1 Å². The molecule has 13 nitrogen and oxygen atoms in total. The molecule has 0 radical (unpaired) electrons. The largest absolute Gasteiger partial charge is 0.480 e. The van der Waals surface area contributed by atoms with E-state index in [0.29, 0.717) is 32.5 Å². The zero-order chi connectivity index (χ0) is 25.9. The van der Waals surface area contributed by atoms with Crippen LogP contribution >= 0.6 is 0 Å². The van der Waals surface area contributed by atoms with Gasteiger partial charge in [0.15, 0.2) is 0 Å². The van der Waals surface area contributed by atoms with Crippen LogP contribution in [0.1, 0.15) is 24.8 Å². The summed E-state index contributed by atoms with van der Waals surface area (Å²) in [6, 6.07) is 7.45. The first kappa shape index (κ1) is 26.7. The number of morpholine rings is 1. The predicted octanol–water partition coefficient (Wildman–Crippen LogP) is -0.534. The van der Waals surface area contributed by atoms with Gasteiger partial charge in [-0.2, -0.15) is 5.10 Å². The zero-order valence-electron chi connectivity index (χ0n) is 19.9. The highest BCUT2D eigenvalue weighted by Crippen LogP contribution is 2.27. The fraction of sp³-hybridized carbons (Fsp3) is 0.522. The smallest absolute Gasteiger partial charge is 0.408 e. The van der Waals surface area contributed by atoms with E-state index in [9.17, 15) is 24.3 Å². The number of nitrogens with two attached hydrogens (primary N) is 1. The van der Waals surface area contributed by atoms with Crippen molar-refractivity contribution in [3.63, 3.8) is 0 Å². The molecular formula is C23H32N6O7. The van der Waals surface area contributed by atoms with E-state index in [4.69, 9.17) is 15.3 Å². The van der Waals surface area contributed by atoms with Crippen LogP contribution in [0.25, 0.3) is 0 Å². The quantitative estimate of drug-likeness (QED) is 0.126. The molecule has 196 valence electrons. The van der Waals surface area contributed by atoms with Gasteiger partial charge in [0.05, 0.1) is 19.1 Å². The van der Waals surface area contributed by atoms with Gasteiger partial charge in [-0.15, -0.1) is 0 Å². The Labute approximate surface area is 208 Å². The average molecular weight is 505 g/mol. The summed E-state index contributed by atoms with van der Waals surface area (Å²) in [6.07, 6.45) is 1.24. The van der Waals surface area contributed by atoms with Gasteiger partial charge in [-0.1, -0.05) is 30.3 Å². The van der Waals surface area contributed by atoms with Crippen molar-refractivity contribution in [1.29, 1.82) is 0 Å². The van der Waals surface area contributed by atoms with Crippen LogP contribution < -0.4 is 16.5 Å². The van der Waals surface area contributed by atoms with Crippen molar-refractivity contribution < 1.29 is 33.8 Å². The van der Waals surface area contributed by atoms with Gasteiger partial charge >= 0.3 is 12.1 Å². The van der Waals surface area contributed by atoms with Gasteiger partial charge in [0.25, 0.3) is 0 Å². The number of carbonyl (C=O) groups is 4.